The van der Waals surface area contributed by atoms with Crippen LogP contribution in [0.4, 0.5) is 0 Å². The standard InChI is InChI=1S/C27H39NO4S2/c1-28(15-7-5-3-2-4-6-8-16-29)25-20-13-14-21(25)22(19-20)32-26(30)27(31,23-11-9-17-33-23)24-12-10-18-34-24/h9-12,17-18,20-22,25,29,31H,2-8,13-16,19H2,1H3. The number of nitrogens with zero attached hydrogens (tertiary/aromatic N) is 1. The quantitative estimate of drug-likeness (QED) is 0.265. The van der Waals surface area contributed by atoms with Crippen molar-refractivity contribution in [1.29, 1.82) is 0 Å². The number of carbonyl (C=O) groups is 1. The van der Waals surface area contributed by atoms with Crippen LogP contribution in [0.15, 0.2) is 35.0 Å². The van der Waals surface area contributed by atoms with Crippen LogP contribution in [0.25, 0.3) is 0 Å². The van der Waals surface area contributed by atoms with E-state index in [1.807, 2.05) is 35.0 Å². The fourth-order valence-electron chi connectivity index (χ4n) is 6.08. The monoisotopic (exact) mass is 505 g/mol. The number of aliphatic hydroxyl groups excluding tert-OH is 1. The van der Waals surface area contributed by atoms with Gasteiger partial charge in [-0.25, -0.2) is 4.79 Å². The van der Waals surface area contributed by atoms with Crippen molar-refractivity contribution in [2.24, 2.45) is 11.8 Å². The summed E-state index contributed by atoms with van der Waals surface area (Å²) in [5, 5.41) is 24.2. The van der Waals surface area contributed by atoms with Crippen molar-refractivity contribution in [1.82, 2.24) is 4.90 Å². The van der Waals surface area contributed by atoms with Gasteiger partial charge in [-0.1, -0.05) is 44.2 Å². The maximum absolute atomic E-state index is 13.4. The molecular formula is C27H39NO4S2. The highest BCUT2D eigenvalue weighted by atomic mass is 32.1. The molecular weight excluding hydrogens is 466 g/mol. The number of hydrogen-bond donors (Lipinski definition) is 2. The maximum atomic E-state index is 13.4. The van der Waals surface area contributed by atoms with Crippen LogP contribution in [0.5, 0.6) is 0 Å². The average Bonchev–Trinajstić information content (AvgIpc) is 3.65. The topological polar surface area (TPSA) is 70.0 Å². The van der Waals surface area contributed by atoms with E-state index in [1.165, 1.54) is 61.2 Å². The summed E-state index contributed by atoms with van der Waals surface area (Å²) in [5.41, 5.74) is -1.72. The molecule has 0 aromatic carbocycles. The normalized spacial score (nSPS) is 24.2. The van der Waals surface area contributed by atoms with Crippen molar-refractivity contribution in [3.05, 3.63) is 44.8 Å². The molecule has 2 fully saturated rings. The van der Waals surface area contributed by atoms with Gasteiger partial charge in [0.15, 0.2) is 0 Å². The molecule has 2 aliphatic carbocycles. The van der Waals surface area contributed by atoms with Gasteiger partial charge in [0.1, 0.15) is 6.10 Å². The number of rotatable bonds is 14. The summed E-state index contributed by atoms with van der Waals surface area (Å²) in [7, 11) is 2.23. The fourth-order valence-corrected chi connectivity index (χ4v) is 7.79. The van der Waals surface area contributed by atoms with Gasteiger partial charge >= 0.3 is 5.97 Å². The third-order valence-electron chi connectivity index (χ3n) is 7.79. The number of esters is 1. The van der Waals surface area contributed by atoms with Crippen LogP contribution in [-0.4, -0.2) is 53.4 Å². The zero-order valence-electron chi connectivity index (χ0n) is 20.2. The minimum absolute atomic E-state index is 0.114. The second-order valence-electron chi connectivity index (χ2n) is 10.0. The van der Waals surface area contributed by atoms with Gasteiger partial charge in [-0.15, -0.1) is 22.7 Å². The van der Waals surface area contributed by atoms with E-state index >= 15 is 0 Å². The molecule has 2 aromatic rings. The molecule has 0 spiro atoms. The predicted octanol–water partition coefficient (Wildman–Crippen LogP) is 5.41. The molecule has 0 amide bonds. The molecule has 2 N–H and O–H groups in total. The Kier molecular flexibility index (Phi) is 9.22. The van der Waals surface area contributed by atoms with Gasteiger partial charge in [0.25, 0.3) is 0 Å². The summed E-state index contributed by atoms with van der Waals surface area (Å²) in [4.78, 5) is 17.2. The van der Waals surface area contributed by atoms with Crippen molar-refractivity contribution >= 4 is 28.6 Å². The van der Waals surface area contributed by atoms with Gasteiger partial charge in [0.05, 0.1) is 9.75 Å². The molecule has 2 aromatic heterocycles. The highest BCUT2D eigenvalue weighted by molar-refractivity contribution is 7.12. The number of fused-ring (bicyclic) bond motifs is 2. The summed E-state index contributed by atoms with van der Waals surface area (Å²) in [6, 6.07) is 7.83. The van der Waals surface area contributed by atoms with E-state index in [2.05, 4.69) is 11.9 Å². The first-order valence-electron chi connectivity index (χ1n) is 12.9. The maximum Gasteiger partial charge on any atom is 0.349 e. The summed E-state index contributed by atoms with van der Waals surface area (Å²) >= 11 is 2.78. The summed E-state index contributed by atoms with van der Waals surface area (Å²) in [5.74, 6) is 0.397. The van der Waals surface area contributed by atoms with Gasteiger partial charge in [0, 0.05) is 18.6 Å². The van der Waals surface area contributed by atoms with Crippen molar-refractivity contribution in [3.63, 3.8) is 0 Å². The third-order valence-corrected chi connectivity index (χ3v) is 9.75. The molecule has 4 atom stereocenters. The van der Waals surface area contributed by atoms with Crippen LogP contribution < -0.4 is 0 Å². The third kappa shape index (κ3) is 5.59. The van der Waals surface area contributed by atoms with Gasteiger partial charge in [-0.2, -0.15) is 0 Å². The predicted molar refractivity (Wildman–Crippen MR) is 138 cm³/mol. The molecule has 2 saturated carbocycles. The summed E-state index contributed by atoms with van der Waals surface area (Å²) in [6.07, 6.45) is 11.4. The molecule has 0 aliphatic heterocycles. The van der Waals surface area contributed by atoms with Crippen LogP contribution in [-0.2, 0) is 15.1 Å². The van der Waals surface area contributed by atoms with Crippen molar-refractivity contribution in [2.75, 3.05) is 20.2 Å². The molecule has 4 rings (SSSR count). The fraction of sp³-hybridized carbons (Fsp3) is 0.667. The zero-order valence-corrected chi connectivity index (χ0v) is 21.9. The van der Waals surface area contributed by atoms with E-state index in [1.54, 1.807) is 0 Å². The minimum Gasteiger partial charge on any atom is -0.459 e. The minimum atomic E-state index is -1.72. The number of carbonyl (C=O) groups excluding carboxylic acids is 1. The first-order chi connectivity index (χ1) is 16.6. The lowest BCUT2D eigenvalue weighted by Crippen LogP contribution is -2.42. The van der Waals surface area contributed by atoms with E-state index in [0.29, 0.717) is 34.2 Å². The van der Waals surface area contributed by atoms with Crippen LogP contribution >= 0.6 is 22.7 Å². The van der Waals surface area contributed by atoms with E-state index < -0.39 is 11.6 Å². The van der Waals surface area contributed by atoms with E-state index in [9.17, 15) is 9.90 Å². The Morgan fingerprint density at radius 1 is 1.03 bits per heavy atom. The largest absolute Gasteiger partial charge is 0.459 e. The van der Waals surface area contributed by atoms with Crippen LogP contribution in [0.3, 0.4) is 0 Å². The first-order valence-corrected chi connectivity index (χ1v) is 14.6. The number of hydrogen-bond acceptors (Lipinski definition) is 7. The van der Waals surface area contributed by atoms with Crippen molar-refractivity contribution in [3.8, 4) is 0 Å². The van der Waals surface area contributed by atoms with Gasteiger partial charge in [0.2, 0.25) is 5.60 Å². The lowest BCUT2D eigenvalue weighted by Gasteiger charge is -2.31. The van der Waals surface area contributed by atoms with Gasteiger partial charge in [-0.05, 0) is 74.5 Å². The Bertz CT molecular complexity index is 835. The molecule has 5 nitrogen and oxygen atoms in total. The number of thiophene rings is 2. The molecule has 2 heterocycles. The number of unbranched alkanes of at least 4 members (excludes halogenated alkanes) is 6. The molecule has 0 radical (unpaired) electrons. The lowest BCUT2D eigenvalue weighted by atomic mass is 9.96. The molecule has 7 heteroatoms. The molecule has 2 aliphatic rings. The van der Waals surface area contributed by atoms with Gasteiger partial charge < -0.3 is 19.8 Å². The van der Waals surface area contributed by atoms with Crippen molar-refractivity contribution in [2.45, 2.75) is 82.0 Å². The lowest BCUT2D eigenvalue weighted by molar-refractivity contribution is -0.170. The molecule has 0 saturated heterocycles. The Labute approximate surface area is 211 Å². The number of ether oxygens (including phenoxy) is 1. The molecule has 2 bridgehead atoms. The molecule has 34 heavy (non-hydrogen) atoms. The molecule has 188 valence electrons. The van der Waals surface area contributed by atoms with E-state index in [4.69, 9.17) is 9.84 Å². The van der Waals surface area contributed by atoms with E-state index in [-0.39, 0.29) is 6.10 Å². The summed E-state index contributed by atoms with van der Waals surface area (Å²) < 4.78 is 6.11. The van der Waals surface area contributed by atoms with Crippen molar-refractivity contribution < 1.29 is 19.7 Å². The molecule has 4 unspecified atom stereocenters. The Morgan fingerprint density at radius 3 is 2.24 bits per heavy atom. The highest BCUT2D eigenvalue weighted by Gasteiger charge is 2.53. The Morgan fingerprint density at radius 2 is 1.65 bits per heavy atom. The van der Waals surface area contributed by atoms with Crippen LogP contribution in [0, 0.1) is 11.8 Å². The SMILES string of the molecule is CN(CCCCCCCCCO)C1C2CCC1C(OC(=O)C(O)(c1cccs1)c1cccs1)C2. The van der Waals surface area contributed by atoms with E-state index in [0.717, 1.165) is 32.2 Å². The van der Waals surface area contributed by atoms with Crippen LogP contribution in [0.1, 0.15) is 74.0 Å². The second kappa shape index (κ2) is 12.1. The summed E-state index contributed by atoms with van der Waals surface area (Å²) in [6.45, 7) is 1.40. The number of aliphatic hydroxyl groups is 2. The van der Waals surface area contributed by atoms with Gasteiger partial charge in [-0.3, -0.25) is 0 Å². The zero-order chi connectivity index (χ0) is 24.0. The Hall–Kier alpha value is -1.25. The average molecular weight is 506 g/mol. The smallest absolute Gasteiger partial charge is 0.349 e. The Balaban J connectivity index is 1.30. The van der Waals surface area contributed by atoms with Crippen LogP contribution in [0.2, 0.25) is 0 Å². The second-order valence-corrected chi connectivity index (χ2v) is 11.9. The first kappa shape index (κ1) is 25.8. The highest BCUT2D eigenvalue weighted by Crippen LogP contribution is 2.49.